The SMILES string of the molecule is C=O.COc1cc2cc(O)ccc2cc1S(C)(=O)=O. The van der Waals surface area contributed by atoms with Gasteiger partial charge in [-0.05, 0) is 35.0 Å². The zero-order chi connectivity index (χ0) is 14.6. The highest BCUT2D eigenvalue weighted by molar-refractivity contribution is 7.90. The van der Waals surface area contributed by atoms with Crippen LogP contribution in [0.3, 0.4) is 0 Å². The molecule has 0 heterocycles. The van der Waals surface area contributed by atoms with Crippen molar-refractivity contribution in [3.63, 3.8) is 0 Å². The molecular weight excluding hydrogens is 268 g/mol. The topological polar surface area (TPSA) is 80.7 Å². The molecule has 0 amide bonds. The molecule has 0 aromatic heterocycles. The molecule has 6 heteroatoms. The highest BCUT2D eigenvalue weighted by Crippen LogP contribution is 2.31. The fourth-order valence-corrected chi connectivity index (χ4v) is 2.54. The third-order valence-electron chi connectivity index (χ3n) is 2.51. The predicted molar refractivity (Wildman–Crippen MR) is 72.4 cm³/mol. The van der Waals surface area contributed by atoms with Crippen LogP contribution < -0.4 is 4.74 Å². The van der Waals surface area contributed by atoms with E-state index in [1.54, 1.807) is 24.3 Å². The first kappa shape index (κ1) is 15.0. The van der Waals surface area contributed by atoms with E-state index in [4.69, 9.17) is 9.53 Å². The lowest BCUT2D eigenvalue weighted by atomic mass is 10.1. The molecular formula is C13H14O5S. The highest BCUT2D eigenvalue weighted by atomic mass is 32.2. The molecule has 2 aromatic rings. The zero-order valence-electron chi connectivity index (χ0n) is 10.6. The van der Waals surface area contributed by atoms with Crippen LogP contribution in [0, 0.1) is 0 Å². The lowest BCUT2D eigenvalue weighted by Gasteiger charge is -2.09. The molecule has 0 bridgehead atoms. The summed E-state index contributed by atoms with van der Waals surface area (Å²) in [5.74, 6) is 0.414. The first-order valence-electron chi connectivity index (χ1n) is 5.21. The molecule has 1 N–H and O–H groups in total. The number of fused-ring (bicyclic) bond motifs is 1. The Morgan fingerprint density at radius 1 is 1.11 bits per heavy atom. The van der Waals surface area contributed by atoms with Crippen molar-refractivity contribution in [2.75, 3.05) is 13.4 Å². The van der Waals surface area contributed by atoms with E-state index < -0.39 is 9.84 Å². The van der Waals surface area contributed by atoms with Crippen molar-refractivity contribution in [1.82, 2.24) is 0 Å². The lowest BCUT2D eigenvalue weighted by Crippen LogP contribution is -2.00. The molecule has 0 aliphatic heterocycles. The largest absolute Gasteiger partial charge is 0.508 e. The van der Waals surface area contributed by atoms with Crippen LogP contribution in [0.25, 0.3) is 10.8 Å². The number of hydrogen-bond donors (Lipinski definition) is 1. The molecule has 102 valence electrons. The zero-order valence-corrected chi connectivity index (χ0v) is 11.4. The van der Waals surface area contributed by atoms with E-state index in [0.29, 0.717) is 0 Å². The quantitative estimate of drug-likeness (QED) is 0.908. The van der Waals surface area contributed by atoms with E-state index in [0.717, 1.165) is 17.0 Å². The second kappa shape index (κ2) is 5.71. The van der Waals surface area contributed by atoms with E-state index in [9.17, 15) is 13.5 Å². The van der Waals surface area contributed by atoms with Crippen molar-refractivity contribution in [2.45, 2.75) is 4.90 Å². The smallest absolute Gasteiger partial charge is 0.179 e. The summed E-state index contributed by atoms with van der Waals surface area (Å²) < 4.78 is 28.2. The minimum Gasteiger partial charge on any atom is -0.508 e. The van der Waals surface area contributed by atoms with E-state index in [-0.39, 0.29) is 16.4 Å². The van der Waals surface area contributed by atoms with E-state index in [1.165, 1.54) is 13.2 Å². The maximum atomic E-state index is 11.6. The predicted octanol–water partition coefficient (Wildman–Crippen LogP) is 1.77. The molecule has 2 rings (SSSR count). The lowest BCUT2D eigenvalue weighted by molar-refractivity contribution is -0.0979. The van der Waals surface area contributed by atoms with Crippen LogP contribution in [0.2, 0.25) is 0 Å². The monoisotopic (exact) mass is 282 g/mol. The molecule has 0 radical (unpaired) electrons. The third kappa shape index (κ3) is 3.23. The number of benzene rings is 2. The Balaban J connectivity index is 0.000000861. The van der Waals surface area contributed by atoms with Gasteiger partial charge in [-0.1, -0.05) is 6.07 Å². The Kier molecular flexibility index (Phi) is 4.50. The molecule has 5 nitrogen and oxygen atoms in total. The number of carbonyl (C=O) groups excluding carboxylic acids is 1. The third-order valence-corrected chi connectivity index (χ3v) is 3.62. The Hall–Kier alpha value is -2.08. The second-order valence-electron chi connectivity index (χ2n) is 3.81. The first-order valence-corrected chi connectivity index (χ1v) is 7.10. The summed E-state index contributed by atoms with van der Waals surface area (Å²) in [6.07, 6.45) is 1.14. The van der Waals surface area contributed by atoms with Crippen LogP contribution >= 0.6 is 0 Å². The van der Waals surface area contributed by atoms with Crippen LogP contribution in [-0.2, 0) is 14.6 Å². The number of aromatic hydroxyl groups is 1. The number of sulfone groups is 1. The van der Waals surface area contributed by atoms with Gasteiger partial charge in [0.15, 0.2) is 9.84 Å². The summed E-state index contributed by atoms with van der Waals surface area (Å²) in [6, 6.07) is 7.89. The number of rotatable bonds is 2. The Labute approximate surface area is 111 Å². The molecule has 0 fully saturated rings. The van der Waals surface area contributed by atoms with Crippen LogP contribution in [-0.4, -0.2) is 33.7 Å². The summed E-state index contributed by atoms with van der Waals surface area (Å²) >= 11 is 0. The molecule has 0 spiro atoms. The maximum absolute atomic E-state index is 11.6. The molecule has 0 aliphatic carbocycles. The summed E-state index contributed by atoms with van der Waals surface area (Å²) in [5, 5.41) is 10.8. The average Bonchev–Trinajstić information content (AvgIpc) is 2.38. The number of methoxy groups -OCH3 is 1. The van der Waals surface area contributed by atoms with Gasteiger partial charge in [-0.25, -0.2) is 8.42 Å². The minimum absolute atomic E-state index is 0.131. The van der Waals surface area contributed by atoms with Crippen molar-refractivity contribution in [1.29, 1.82) is 0 Å². The van der Waals surface area contributed by atoms with Gasteiger partial charge in [-0.15, -0.1) is 0 Å². The van der Waals surface area contributed by atoms with Crippen molar-refractivity contribution in [3.05, 3.63) is 30.3 Å². The van der Waals surface area contributed by atoms with Crippen LogP contribution in [0.1, 0.15) is 0 Å². The summed E-state index contributed by atoms with van der Waals surface area (Å²) in [6.45, 7) is 2.00. The van der Waals surface area contributed by atoms with Gasteiger partial charge in [0.1, 0.15) is 23.2 Å². The van der Waals surface area contributed by atoms with Crippen LogP contribution in [0.15, 0.2) is 35.2 Å². The molecule has 0 aliphatic rings. The van der Waals surface area contributed by atoms with Gasteiger partial charge in [0, 0.05) is 6.26 Å². The Morgan fingerprint density at radius 2 is 1.74 bits per heavy atom. The van der Waals surface area contributed by atoms with E-state index >= 15 is 0 Å². The standard InChI is InChI=1S/C12H12O4S.CH2O/c1-16-11-6-9-5-10(13)4-3-8(9)7-12(11)17(2,14)15;1-2/h3-7,13H,1-2H3;1H2. The van der Waals surface area contributed by atoms with Gasteiger partial charge >= 0.3 is 0 Å². The fraction of sp³-hybridized carbons (Fsp3) is 0.154. The maximum Gasteiger partial charge on any atom is 0.179 e. The second-order valence-corrected chi connectivity index (χ2v) is 5.79. The number of hydrogen-bond acceptors (Lipinski definition) is 5. The molecule has 2 aromatic carbocycles. The normalized spacial score (nSPS) is 10.6. The first-order chi connectivity index (χ1) is 8.91. The van der Waals surface area contributed by atoms with Crippen LogP contribution in [0.5, 0.6) is 11.5 Å². The molecule has 0 saturated carbocycles. The Bertz CT molecular complexity index is 691. The number of carbonyl (C=O) groups is 1. The van der Waals surface area contributed by atoms with Gasteiger partial charge in [0.2, 0.25) is 0 Å². The number of ether oxygens (including phenoxy) is 1. The van der Waals surface area contributed by atoms with Gasteiger partial charge in [0.25, 0.3) is 0 Å². The fourth-order valence-electron chi connectivity index (χ4n) is 1.69. The Morgan fingerprint density at radius 3 is 2.26 bits per heavy atom. The molecule has 0 unspecified atom stereocenters. The minimum atomic E-state index is -3.33. The summed E-state index contributed by atoms with van der Waals surface area (Å²) in [5.41, 5.74) is 0. The van der Waals surface area contributed by atoms with Crippen LogP contribution in [0.4, 0.5) is 0 Å². The van der Waals surface area contributed by atoms with Gasteiger partial charge in [-0.3, -0.25) is 0 Å². The van der Waals surface area contributed by atoms with Crippen molar-refractivity contribution in [3.8, 4) is 11.5 Å². The van der Waals surface area contributed by atoms with Gasteiger partial charge in [0.05, 0.1) is 7.11 Å². The number of phenols is 1. The van der Waals surface area contributed by atoms with Crippen molar-refractivity contribution < 1.29 is 23.1 Å². The highest BCUT2D eigenvalue weighted by Gasteiger charge is 2.15. The van der Waals surface area contributed by atoms with Crippen molar-refractivity contribution >= 4 is 27.4 Å². The molecule has 0 saturated heterocycles. The summed E-state index contributed by atoms with van der Waals surface area (Å²) in [7, 11) is -1.92. The summed E-state index contributed by atoms with van der Waals surface area (Å²) in [4.78, 5) is 8.15. The molecule has 19 heavy (non-hydrogen) atoms. The average molecular weight is 282 g/mol. The van der Waals surface area contributed by atoms with Crippen molar-refractivity contribution in [2.24, 2.45) is 0 Å². The van der Waals surface area contributed by atoms with E-state index in [2.05, 4.69) is 0 Å². The number of phenolic OH excluding ortho intramolecular Hbond substituents is 1. The van der Waals surface area contributed by atoms with Gasteiger partial charge in [-0.2, -0.15) is 0 Å². The molecule has 0 atom stereocenters. The van der Waals surface area contributed by atoms with E-state index in [1.807, 2.05) is 6.79 Å². The van der Waals surface area contributed by atoms with Gasteiger partial charge < -0.3 is 14.6 Å².